The molecule has 4 rings (SSSR count). The lowest BCUT2D eigenvalue weighted by Gasteiger charge is -2.31. The lowest BCUT2D eigenvalue weighted by Crippen LogP contribution is -2.42. The molecule has 1 aromatic carbocycles. The van der Waals surface area contributed by atoms with E-state index in [-0.39, 0.29) is 6.17 Å². The fraction of sp³-hybridized carbons (Fsp3) is 0.188. The molecule has 3 heterocycles. The first-order valence-electron chi connectivity index (χ1n) is 7.06. The van der Waals surface area contributed by atoms with Crippen LogP contribution in [0.15, 0.2) is 40.8 Å². The second-order valence-corrected chi connectivity index (χ2v) is 6.50. The number of hydrogen-bond acceptors (Lipinski definition) is 5. The van der Waals surface area contributed by atoms with Crippen LogP contribution in [-0.4, -0.2) is 22.5 Å². The number of guanidine groups is 1. The van der Waals surface area contributed by atoms with E-state index in [1.807, 2.05) is 7.05 Å². The number of nitrogens with zero attached hydrogens (tertiary/aromatic N) is 3. The lowest BCUT2D eigenvalue weighted by molar-refractivity contribution is 0.378. The highest BCUT2D eigenvalue weighted by atomic mass is 32.1. The maximum Gasteiger partial charge on any atom is 0.197 e. The summed E-state index contributed by atoms with van der Waals surface area (Å²) in [7, 11) is 3.93. The molecule has 4 N–H and O–H groups in total. The number of fused-ring (bicyclic) bond motifs is 3. The molecule has 0 aliphatic carbocycles. The monoisotopic (exact) mass is 311 g/mol. The molecule has 1 atom stereocenters. The van der Waals surface area contributed by atoms with Gasteiger partial charge in [0.15, 0.2) is 5.96 Å². The summed E-state index contributed by atoms with van der Waals surface area (Å²) in [6.07, 6.45) is 1.78. The van der Waals surface area contributed by atoms with E-state index in [9.17, 15) is 0 Å². The lowest BCUT2D eigenvalue weighted by atomic mass is 9.98. The van der Waals surface area contributed by atoms with Crippen molar-refractivity contribution in [3.8, 4) is 10.4 Å². The van der Waals surface area contributed by atoms with Crippen molar-refractivity contribution in [3.05, 3.63) is 41.4 Å². The molecule has 1 aliphatic rings. The van der Waals surface area contributed by atoms with Crippen LogP contribution in [0.2, 0.25) is 0 Å². The minimum atomic E-state index is -0.283. The highest BCUT2D eigenvalue weighted by Crippen LogP contribution is 2.43. The van der Waals surface area contributed by atoms with Crippen LogP contribution in [0.5, 0.6) is 0 Å². The molecule has 3 aromatic rings. The minimum absolute atomic E-state index is 0.283. The Labute approximate surface area is 132 Å². The van der Waals surface area contributed by atoms with Gasteiger partial charge in [-0.2, -0.15) is 0 Å². The van der Waals surface area contributed by atoms with Gasteiger partial charge in [0.2, 0.25) is 0 Å². The second-order valence-electron chi connectivity index (χ2n) is 5.55. The van der Waals surface area contributed by atoms with Crippen LogP contribution >= 0.6 is 11.3 Å². The SMILES string of the molecule is CN1C(N)=Nc2cc(-c3cccs3)c3c(ccn3C)c2C1N. The summed E-state index contributed by atoms with van der Waals surface area (Å²) in [5, 5.41) is 3.22. The molecular formula is C16H17N5S. The number of hydrogen-bond donors (Lipinski definition) is 2. The Balaban J connectivity index is 2.12. The second kappa shape index (κ2) is 4.59. The first-order chi connectivity index (χ1) is 10.6. The summed E-state index contributed by atoms with van der Waals surface area (Å²) < 4.78 is 2.14. The van der Waals surface area contributed by atoms with Crippen LogP contribution < -0.4 is 11.5 Å². The fourth-order valence-electron chi connectivity index (χ4n) is 3.06. The average Bonchev–Trinajstić information content (AvgIpc) is 3.14. The van der Waals surface area contributed by atoms with E-state index < -0.39 is 0 Å². The fourth-order valence-corrected chi connectivity index (χ4v) is 3.81. The molecular weight excluding hydrogens is 294 g/mol. The van der Waals surface area contributed by atoms with E-state index >= 15 is 0 Å². The highest BCUT2D eigenvalue weighted by Gasteiger charge is 2.27. The van der Waals surface area contributed by atoms with Crippen LogP contribution in [-0.2, 0) is 7.05 Å². The number of rotatable bonds is 1. The quantitative estimate of drug-likeness (QED) is 0.726. The maximum absolute atomic E-state index is 6.38. The van der Waals surface area contributed by atoms with Crippen molar-refractivity contribution in [1.29, 1.82) is 0 Å². The van der Waals surface area contributed by atoms with Crippen LogP contribution in [0.4, 0.5) is 5.69 Å². The van der Waals surface area contributed by atoms with Crippen LogP contribution in [0.1, 0.15) is 11.7 Å². The third kappa shape index (κ3) is 1.71. The van der Waals surface area contributed by atoms with Crippen molar-refractivity contribution in [2.45, 2.75) is 6.17 Å². The molecule has 1 aliphatic heterocycles. The van der Waals surface area contributed by atoms with Gasteiger partial charge in [0.05, 0.1) is 11.2 Å². The molecule has 0 fully saturated rings. The van der Waals surface area contributed by atoms with Crippen molar-refractivity contribution in [1.82, 2.24) is 9.47 Å². The van der Waals surface area contributed by atoms with Crippen molar-refractivity contribution >= 4 is 33.9 Å². The number of aliphatic imine (C=N–C) groups is 1. The summed E-state index contributed by atoms with van der Waals surface area (Å²) in [5.41, 5.74) is 16.6. The Morgan fingerprint density at radius 1 is 1.27 bits per heavy atom. The number of aryl methyl sites for hydroxylation is 1. The topological polar surface area (TPSA) is 72.6 Å². The zero-order valence-corrected chi connectivity index (χ0v) is 13.3. The maximum atomic E-state index is 6.38. The molecule has 6 heteroatoms. The smallest absolute Gasteiger partial charge is 0.197 e. The zero-order valence-electron chi connectivity index (χ0n) is 12.4. The Morgan fingerprint density at radius 3 is 2.82 bits per heavy atom. The third-order valence-corrected chi connectivity index (χ3v) is 5.17. The van der Waals surface area contributed by atoms with E-state index in [1.165, 1.54) is 16.0 Å². The van der Waals surface area contributed by atoms with Crippen LogP contribution in [0.25, 0.3) is 21.3 Å². The van der Waals surface area contributed by atoms with Gasteiger partial charge in [-0.1, -0.05) is 6.07 Å². The minimum Gasteiger partial charge on any atom is -0.369 e. The van der Waals surface area contributed by atoms with Gasteiger partial charge in [0, 0.05) is 41.7 Å². The van der Waals surface area contributed by atoms with Gasteiger partial charge in [0.1, 0.15) is 6.17 Å². The molecule has 5 nitrogen and oxygen atoms in total. The third-order valence-electron chi connectivity index (χ3n) is 4.27. The predicted molar refractivity (Wildman–Crippen MR) is 92.2 cm³/mol. The van der Waals surface area contributed by atoms with Crippen LogP contribution in [0.3, 0.4) is 0 Å². The Bertz CT molecular complexity index is 891. The van der Waals surface area contributed by atoms with Gasteiger partial charge >= 0.3 is 0 Å². The van der Waals surface area contributed by atoms with Gasteiger partial charge in [-0.3, -0.25) is 0 Å². The average molecular weight is 311 g/mol. The summed E-state index contributed by atoms with van der Waals surface area (Å²) in [6.45, 7) is 0. The summed E-state index contributed by atoms with van der Waals surface area (Å²) in [4.78, 5) is 7.57. The molecule has 0 radical (unpaired) electrons. The molecule has 0 saturated heterocycles. The zero-order chi connectivity index (χ0) is 15.4. The molecule has 0 saturated carbocycles. The molecule has 22 heavy (non-hydrogen) atoms. The first-order valence-corrected chi connectivity index (χ1v) is 7.94. The van der Waals surface area contributed by atoms with Crippen molar-refractivity contribution in [2.24, 2.45) is 23.5 Å². The Morgan fingerprint density at radius 2 is 2.09 bits per heavy atom. The normalized spacial score (nSPS) is 17.7. The standard InChI is InChI=1S/C16H17N5S/c1-20-6-5-9-13-11(19-16(18)21(2)15(13)17)8-10(14(9)20)12-4-3-7-22-12/h3-8,15H,17H2,1-2H3,(H2,18,19). The van der Waals surface area contributed by atoms with Gasteiger partial charge in [-0.05, 0) is 23.6 Å². The molecule has 2 aromatic heterocycles. The Kier molecular flexibility index (Phi) is 2.79. The molecule has 112 valence electrons. The molecule has 0 spiro atoms. The van der Waals surface area contributed by atoms with E-state index in [2.05, 4.69) is 52.4 Å². The van der Waals surface area contributed by atoms with Gasteiger partial charge in [-0.25, -0.2) is 4.99 Å². The van der Waals surface area contributed by atoms with Gasteiger partial charge < -0.3 is 20.9 Å². The number of aromatic nitrogens is 1. The van der Waals surface area contributed by atoms with Crippen molar-refractivity contribution < 1.29 is 0 Å². The van der Waals surface area contributed by atoms with Gasteiger partial charge in [-0.15, -0.1) is 11.3 Å². The van der Waals surface area contributed by atoms with E-state index in [0.717, 1.165) is 16.6 Å². The van der Waals surface area contributed by atoms with Gasteiger partial charge in [0.25, 0.3) is 0 Å². The van der Waals surface area contributed by atoms with Crippen molar-refractivity contribution in [3.63, 3.8) is 0 Å². The molecule has 1 unspecified atom stereocenters. The first kappa shape index (κ1) is 13.4. The number of thiophene rings is 1. The highest BCUT2D eigenvalue weighted by molar-refractivity contribution is 7.13. The molecule has 0 amide bonds. The van der Waals surface area contributed by atoms with Crippen molar-refractivity contribution in [2.75, 3.05) is 7.05 Å². The summed E-state index contributed by atoms with van der Waals surface area (Å²) in [6, 6.07) is 8.39. The van der Waals surface area contributed by atoms with E-state index in [4.69, 9.17) is 11.5 Å². The van der Waals surface area contributed by atoms with E-state index in [1.54, 1.807) is 16.2 Å². The van der Waals surface area contributed by atoms with E-state index in [0.29, 0.717) is 5.96 Å². The Hall–Kier alpha value is -2.31. The number of benzene rings is 1. The van der Waals surface area contributed by atoms with Crippen LogP contribution in [0, 0.1) is 0 Å². The summed E-state index contributed by atoms with van der Waals surface area (Å²) in [5.74, 6) is 0.451. The number of nitrogens with two attached hydrogens (primary N) is 2. The summed E-state index contributed by atoms with van der Waals surface area (Å²) >= 11 is 1.72. The largest absolute Gasteiger partial charge is 0.369 e. The molecule has 0 bridgehead atoms. The predicted octanol–water partition coefficient (Wildman–Crippen LogP) is 2.76.